The van der Waals surface area contributed by atoms with Crippen molar-refractivity contribution in [2.75, 3.05) is 10.3 Å². The van der Waals surface area contributed by atoms with Gasteiger partial charge in [-0.3, -0.25) is 5.01 Å². The Bertz CT molecular complexity index is 888. The highest BCUT2D eigenvalue weighted by Gasteiger charge is 2.17. The summed E-state index contributed by atoms with van der Waals surface area (Å²) in [6, 6.07) is 24.7. The monoisotopic (exact) mass is 328 g/mol. The largest absolute Gasteiger partial charge is 0.337 e. The van der Waals surface area contributed by atoms with Crippen molar-refractivity contribution in [3.63, 3.8) is 0 Å². The molecule has 0 spiro atoms. The lowest BCUT2D eigenvalue weighted by molar-refractivity contribution is 0.910. The minimum atomic E-state index is 0.800. The van der Waals surface area contributed by atoms with Crippen molar-refractivity contribution in [3.05, 3.63) is 95.8 Å². The Morgan fingerprint density at radius 3 is 2.32 bits per heavy atom. The molecule has 4 nitrogen and oxygen atoms in total. The van der Waals surface area contributed by atoms with E-state index in [9.17, 15) is 0 Å². The van der Waals surface area contributed by atoms with Gasteiger partial charge in [0.15, 0.2) is 5.82 Å². The van der Waals surface area contributed by atoms with Gasteiger partial charge >= 0.3 is 0 Å². The fourth-order valence-corrected chi connectivity index (χ4v) is 2.98. The third kappa shape index (κ3) is 3.39. The molecule has 0 bridgehead atoms. The number of pyridine rings is 1. The van der Waals surface area contributed by atoms with Crippen LogP contribution in [0, 0.1) is 0 Å². The molecule has 4 rings (SSSR count). The number of fused-ring (bicyclic) bond motifs is 1. The van der Waals surface area contributed by atoms with Gasteiger partial charge in [-0.05, 0) is 36.1 Å². The topological polar surface area (TPSA) is 54.2 Å². The third-order valence-electron chi connectivity index (χ3n) is 4.33. The zero-order valence-corrected chi connectivity index (χ0v) is 13.9. The van der Waals surface area contributed by atoms with E-state index in [1.165, 1.54) is 5.56 Å². The van der Waals surface area contributed by atoms with Gasteiger partial charge in [0, 0.05) is 11.9 Å². The van der Waals surface area contributed by atoms with Gasteiger partial charge < -0.3 is 5.32 Å². The molecular formula is C21H20N4. The van der Waals surface area contributed by atoms with Crippen LogP contribution in [-0.2, 0) is 12.8 Å². The number of aromatic nitrogens is 1. The van der Waals surface area contributed by atoms with E-state index < -0.39 is 0 Å². The van der Waals surface area contributed by atoms with Gasteiger partial charge in [-0.2, -0.15) is 0 Å². The number of nitrogens with zero attached hydrogens (tertiary/aromatic N) is 2. The van der Waals surface area contributed by atoms with Crippen LogP contribution in [-0.4, -0.2) is 4.98 Å². The van der Waals surface area contributed by atoms with Crippen LogP contribution in [0.1, 0.15) is 16.8 Å². The summed E-state index contributed by atoms with van der Waals surface area (Å²) in [5.41, 5.74) is 5.28. The van der Waals surface area contributed by atoms with Crippen molar-refractivity contribution in [3.8, 4) is 0 Å². The van der Waals surface area contributed by atoms with Crippen LogP contribution in [0.5, 0.6) is 0 Å². The molecule has 3 N–H and O–H groups in total. The fourth-order valence-electron chi connectivity index (χ4n) is 2.98. The molecule has 1 aromatic heterocycles. The van der Waals surface area contributed by atoms with E-state index in [2.05, 4.69) is 41.7 Å². The minimum Gasteiger partial charge on any atom is -0.337 e. The normalized spacial score (nSPS) is 13.0. The summed E-state index contributed by atoms with van der Waals surface area (Å²) in [7, 11) is 0. The predicted octanol–water partition coefficient (Wildman–Crippen LogP) is 3.97. The van der Waals surface area contributed by atoms with E-state index in [1.54, 1.807) is 5.01 Å². The van der Waals surface area contributed by atoms with Crippen LogP contribution in [0.4, 0.5) is 11.5 Å². The molecule has 4 heteroatoms. The molecule has 3 aromatic rings. The SMILES string of the molecule is NN1C=C(c2ccccc2)Nc2nc(CCc3ccccc3)ccc21. The smallest absolute Gasteiger partial charge is 0.156 e. The molecule has 0 amide bonds. The van der Waals surface area contributed by atoms with Gasteiger partial charge in [-0.25, -0.2) is 10.8 Å². The number of hydrogen-bond acceptors (Lipinski definition) is 4. The van der Waals surface area contributed by atoms with Crippen LogP contribution in [0.25, 0.3) is 5.70 Å². The molecule has 0 saturated carbocycles. The van der Waals surface area contributed by atoms with Crippen molar-refractivity contribution < 1.29 is 0 Å². The lowest BCUT2D eigenvalue weighted by atomic mass is 10.1. The quantitative estimate of drug-likeness (QED) is 0.712. The summed E-state index contributed by atoms with van der Waals surface area (Å²) < 4.78 is 0. The van der Waals surface area contributed by atoms with Crippen LogP contribution < -0.4 is 16.2 Å². The molecule has 1 aliphatic rings. The van der Waals surface area contributed by atoms with Gasteiger partial charge in [-0.15, -0.1) is 0 Å². The maximum absolute atomic E-state index is 6.17. The average Bonchev–Trinajstić information content (AvgIpc) is 2.67. The van der Waals surface area contributed by atoms with Crippen LogP contribution in [0.15, 0.2) is 79.0 Å². The molecule has 0 unspecified atom stereocenters. The summed E-state index contributed by atoms with van der Waals surface area (Å²) in [4.78, 5) is 4.78. The molecule has 0 fully saturated rings. The van der Waals surface area contributed by atoms with Gasteiger partial charge in [0.25, 0.3) is 0 Å². The minimum absolute atomic E-state index is 0.800. The number of nitrogens with one attached hydrogen (secondary N) is 1. The second-order valence-electron chi connectivity index (χ2n) is 6.10. The highest BCUT2D eigenvalue weighted by atomic mass is 15.4. The van der Waals surface area contributed by atoms with Gasteiger partial charge in [0.1, 0.15) is 0 Å². The number of aryl methyl sites for hydroxylation is 2. The molecule has 0 saturated heterocycles. The zero-order valence-electron chi connectivity index (χ0n) is 13.9. The van der Waals surface area contributed by atoms with Crippen molar-refractivity contribution in [1.29, 1.82) is 0 Å². The maximum atomic E-state index is 6.17. The number of rotatable bonds is 4. The Morgan fingerprint density at radius 2 is 1.56 bits per heavy atom. The number of hydrogen-bond donors (Lipinski definition) is 2. The Morgan fingerprint density at radius 1 is 0.840 bits per heavy atom. The second-order valence-corrected chi connectivity index (χ2v) is 6.10. The zero-order chi connectivity index (χ0) is 17.1. The first-order valence-corrected chi connectivity index (χ1v) is 8.42. The van der Waals surface area contributed by atoms with E-state index in [-0.39, 0.29) is 0 Å². The van der Waals surface area contributed by atoms with Crippen molar-refractivity contribution in [2.24, 2.45) is 5.84 Å². The van der Waals surface area contributed by atoms with Crippen LogP contribution in [0.2, 0.25) is 0 Å². The molecular weight excluding hydrogens is 308 g/mol. The Hall–Kier alpha value is -3.11. The number of nitrogens with two attached hydrogens (primary N) is 1. The second kappa shape index (κ2) is 6.79. The Balaban J connectivity index is 1.55. The standard InChI is InChI=1S/C21H20N4/c22-25-15-19(17-9-5-2-6-10-17)24-21-20(25)14-13-18(23-21)12-11-16-7-3-1-4-8-16/h1-10,13-15H,11-12,22H2,(H,23,24). The molecule has 2 aromatic carbocycles. The Labute approximate surface area is 147 Å². The van der Waals surface area contributed by atoms with E-state index in [0.29, 0.717) is 0 Å². The van der Waals surface area contributed by atoms with Crippen molar-refractivity contribution in [2.45, 2.75) is 12.8 Å². The summed E-state index contributed by atoms with van der Waals surface area (Å²) in [5.74, 6) is 6.97. The summed E-state index contributed by atoms with van der Waals surface area (Å²) in [5, 5.41) is 5.04. The lowest BCUT2D eigenvalue weighted by Crippen LogP contribution is -2.30. The Kier molecular flexibility index (Phi) is 4.19. The first-order chi connectivity index (χ1) is 12.3. The molecule has 0 radical (unpaired) electrons. The van der Waals surface area contributed by atoms with Gasteiger partial charge in [0.2, 0.25) is 0 Å². The van der Waals surface area contributed by atoms with E-state index in [0.717, 1.165) is 41.3 Å². The molecule has 0 aliphatic carbocycles. The molecule has 1 aliphatic heterocycles. The summed E-state index contributed by atoms with van der Waals surface area (Å²) >= 11 is 0. The molecule has 25 heavy (non-hydrogen) atoms. The highest BCUT2D eigenvalue weighted by molar-refractivity contribution is 5.86. The lowest BCUT2D eigenvalue weighted by Gasteiger charge is -2.26. The van der Waals surface area contributed by atoms with E-state index >= 15 is 0 Å². The van der Waals surface area contributed by atoms with Crippen molar-refractivity contribution in [1.82, 2.24) is 4.98 Å². The number of benzene rings is 2. The van der Waals surface area contributed by atoms with Gasteiger partial charge in [-0.1, -0.05) is 60.7 Å². The summed E-state index contributed by atoms with van der Waals surface area (Å²) in [6.07, 6.45) is 3.76. The van der Waals surface area contributed by atoms with E-state index in [1.807, 2.05) is 42.6 Å². The molecule has 0 atom stereocenters. The van der Waals surface area contributed by atoms with Crippen LogP contribution in [0.3, 0.4) is 0 Å². The fraction of sp³-hybridized carbons (Fsp3) is 0.0952. The summed E-state index contributed by atoms with van der Waals surface area (Å²) in [6.45, 7) is 0. The predicted molar refractivity (Wildman–Crippen MR) is 103 cm³/mol. The van der Waals surface area contributed by atoms with Crippen LogP contribution >= 0.6 is 0 Å². The van der Waals surface area contributed by atoms with Gasteiger partial charge in [0.05, 0.1) is 11.4 Å². The first-order valence-electron chi connectivity index (χ1n) is 8.42. The number of anilines is 2. The highest BCUT2D eigenvalue weighted by Crippen LogP contribution is 2.31. The molecule has 2 heterocycles. The van der Waals surface area contributed by atoms with Crippen molar-refractivity contribution >= 4 is 17.2 Å². The first kappa shape index (κ1) is 15.4. The average molecular weight is 328 g/mol. The molecule has 124 valence electrons. The van der Waals surface area contributed by atoms with E-state index in [4.69, 9.17) is 10.8 Å². The third-order valence-corrected chi connectivity index (χ3v) is 4.33. The maximum Gasteiger partial charge on any atom is 0.156 e. The number of hydrazine groups is 1.